The molecule has 0 aromatic heterocycles. The smallest absolute Gasteiger partial charge is 0.0771 e. The Balaban J connectivity index is -0.000000351. The van der Waals surface area contributed by atoms with Gasteiger partial charge in [-0.05, 0) is 154 Å². The van der Waals surface area contributed by atoms with Gasteiger partial charge in [0.05, 0.1) is 43.7 Å². The molecule has 4 bridgehead atoms. The molecule has 0 saturated heterocycles. The third-order valence-corrected chi connectivity index (χ3v) is 16.5. The molecule has 67 heavy (non-hydrogen) atoms. The minimum Gasteiger partial charge on any atom is -0.396 e. The first-order valence-corrected chi connectivity index (χ1v) is 27.2. The van der Waals surface area contributed by atoms with E-state index in [0.29, 0.717) is 54.6 Å². The number of ether oxygens (including phenoxy) is 2. The van der Waals surface area contributed by atoms with Crippen molar-refractivity contribution in [1.82, 2.24) is 0 Å². The predicted octanol–water partition coefficient (Wildman–Crippen LogP) is 14.4. The molecule has 6 saturated carbocycles. The molecule has 18 atom stereocenters. The van der Waals surface area contributed by atoms with Gasteiger partial charge < -0.3 is 40.1 Å². The van der Waals surface area contributed by atoms with E-state index >= 15 is 0 Å². The molecule has 0 aliphatic heterocycles. The summed E-state index contributed by atoms with van der Waals surface area (Å²) in [6.45, 7) is 29.2. The Kier molecular flexibility index (Phi) is 46.1. The maximum absolute atomic E-state index is 9.66. The summed E-state index contributed by atoms with van der Waals surface area (Å²) in [6, 6.07) is 0. The fraction of sp³-hybridized carbons (Fsp3) is 1.00. The van der Waals surface area contributed by atoms with E-state index in [1.807, 2.05) is 6.92 Å². The van der Waals surface area contributed by atoms with E-state index in [-0.39, 0.29) is 66.8 Å². The topological polar surface area (TPSA) is 140 Å². The van der Waals surface area contributed by atoms with Crippen molar-refractivity contribution in [3.8, 4) is 0 Å². The first kappa shape index (κ1) is 73.2. The monoisotopic (exact) mass is 963 g/mol. The Morgan fingerprint density at radius 3 is 1.39 bits per heavy atom. The maximum Gasteiger partial charge on any atom is 0.0771 e. The third-order valence-electron chi connectivity index (χ3n) is 16.5. The quantitative estimate of drug-likeness (QED) is 0.0792. The van der Waals surface area contributed by atoms with Crippen molar-refractivity contribution in [2.45, 2.75) is 272 Å². The Hall–Kier alpha value is -0.320. The molecule has 6 fully saturated rings. The van der Waals surface area contributed by atoms with Crippen LogP contribution in [0.3, 0.4) is 0 Å². The highest BCUT2D eigenvalue weighted by atomic mass is 16.5. The first-order valence-electron chi connectivity index (χ1n) is 27.2. The standard InChI is InChI=1S/2C10H20O.C9H20O2.2C9H16O.C8H18O2.4CH4/c1-3-4-9-5-6-10(11)8(2)7-9;1-3-4-9-6-5-8(2)10(11)7-9;1-3-5-6-11-8-9(4-2)7-10;1-5-3-7-4-8(5)6(2)9(7)10;1-5-3-7-4-8(5)9(10)6(7)2;1-3-5-6-10-7-8(9)4-2;;;;/h2*8-11H,3-7H2,1-2H3;9-10H,3-8H2,1-2H3;2*5-10H,3-4H2,1-2H3;8-9H,3-7H2,1-2H3;4*1H4. The molecule has 0 radical (unpaired) electrons. The van der Waals surface area contributed by atoms with Crippen molar-refractivity contribution in [3.63, 3.8) is 0 Å². The highest BCUT2D eigenvalue weighted by Gasteiger charge is 2.49. The third kappa shape index (κ3) is 27.9. The summed E-state index contributed by atoms with van der Waals surface area (Å²) in [6.07, 6.45) is 23.7. The lowest BCUT2D eigenvalue weighted by molar-refractivity contribution is 0.0340. The molecule has 18 unspecified atom stereocenters. The van der Waals surface area contributed by atoms with Crippen LogP contribution < -0.4 is 0 Å². The molecule has 0 aromatic carbocycles. The fourth-order valence-electron chi connectivity index (χ4n) is 11.5. The predicted molar refractivity (Wildman–Crippen MR) is 291 cm³/mol. The summed E-state index contributed by atoms with van der Waals surface area (Å²) in [7, 11) is 0. The number of hydrogen-bond acceptors (Lipinski definition) is 8. The number of hydrogen-bond donors (Lipinski definition) is 6. The molecule has 0 aromatic rings. The van der Waals surface area contributed by atoms with E-state index in [9.17, 15) is 20.4 Å². The molecule has 6 N–H and O–H groups in total. The molecule has 8 heteroatoms. The Morgan fingerprint density at radius 1 is 0.478 bits per heavy atom. The van der Waals surface area contributed by atoms with Gasteiger partial charge in [0, 0.05) is 25.7 Å². The number of fused-ring (bicyclic) bond motifs is 4. The average molecular weight is 964 g/mol. The SMILES string of the molecule is C.C.C.C.CC1CC2CC1C(C)C2O.CC1CC2CC1C(O)C2C.CCCC1CCC(C)C(O)C1.CCCC1CCC(O)C(C)C1.CCCCOCC(CC)CO.CCCCOCC(O)CC. The molecule has 6 aliphatic carbocycles. The molecule has 0 spiro atoms. The molecule has 8 nitrogen and oxygen atoms in total. The van der Waals surface area contributed by atoms with E-state index in [0.717, 1.165) is 93.7 Å². The van der Waals surface area contributed by atoms with Gasteiger partial charge in [0.2, 0.25) is 0 Å². The van der Waals surface area contributed by atoms with Crippen molar-refractivity contribution in [2.75, 3.05) is 33.0 Å². The van der Waals surface area contributed by atoms with Crippen LogP contribution in [0.1, 0.15) is 241 Å². The number of aliphatic hydroxyl groups excluding tert-OH is 6. The number of unbranched alkanes of at least 4 members (excludes halogenated alkanes) is 2. The van der Waals surface area contributed by atoms with Crippen molar-refractivity contribution >= 4 is 0 Å². The van der Waals surface area contributed by atoms with Crippen LogP contribution in [0.25, 0.3) is 0 Å². The summed E-state index contributed by atoms with van der Waals surface area (Å²) in [5, 5.41) is 56.1. The summed E-state index contributed by atoms with van der Waals surface area (Å²) in [4.78, 5) is 0. The molecule has 6 aliphatic rings. The first-order chi connectivity index (χ1) is 30.0. The summed E-state index contributed by atoms with van der Waals surface area (Å²) >= 11 is 0. The minimum atomic E-state index is -0.267. The maximum atomic E-state index is 9.66. The van der Waals surface area contributed by atoms with Gasteiger partial charge in [-0.1, -0.05) is 158 Å². The molecular weight excluding hydrogens is 837 g/mol. The van der Waals surface area contributed by atoms with Gasteiger partial charge >= 0.3 is 0 Å². The van der Waals surface area contributed by atoms with Crippen molar-refractivity contribution < 1.29 is 40.1 Å². The van der Waals surface area contributed by atoms with Crippen LogP contribution in [0, 0.1) is 76.9 Å². The average Bonchev–Trinajstić information content (AvgIpc) is 4.01. The minimum absolute atomic E-state index is 0. The van der Waals surface area contributed by atoms with Crippen LogP contribution in [-0.4, -0.2) is 94.2 Å². The highest BCUT2D eigenvalue weighted by Crippen LogP contribution is 2.52. The lowest BCUT2D eigenvalue weighted by Crippen LogP contribution is -2.29. The second-order valence-corrected chi connectivity index (χ2v) is 21.8. The van der Waals surface area contributed by atoms with Gasteiger partial charge in [-0.15, -0.1) is 0 Å². The van der Waals surface area contributed by atoms with Gasteiger partial charge in [0.25, 0.3) is 0 Å². The molecule has 6 rings (SSSR count). The second kappa shape index (κ2) is 42.2. The van der Waals surface area contributed by atoms with Crippen molar-refractivity contribution in [2.24, 2.45) is 76.9 Å². The van der Waals surface area contributed by atoms with Crippen LogP contribution in [0.2, 0.25) is 0 Å². The summed E-state index contributed by atoms with van der Waals surface area (Å²) < 4.78 is 10.5. The van der Waals surface area contributed by atoms with Gasteiger partial charge in [0.15, 0.2) is 0 Å². The van der Waals surface area contributed by atoms with Crippen molar-refractivity contribution in [1.29, 1.82) is 0 Å². The summed E-state index contributed by atoms with van der Waals surface area (Å²) in [5.74, 6) is 8.93. The number of aliphatic hydroxyl groups is 6. The van der Waals surface area contributed by atoms with E-state index < -0.39 is 0 Å². The fourth-order valence-corrected chi connectivity index (χ4v) is 11.5. The van der Waals surface area contributed by atoms with Crippen LogP contribution in [0.4, 0.5) is 0 Å². The molecule has 0 heterocycles. The Bertz CT molecular complexity index is 992. The molecular formula is C59H126O8. The van der Waals surface area contributed by atoms with E-state index in [1.54, 1.807) is 0 Å². The molecule has 0 amide bonds. The van der Waals surface area contributed by atoms with Gasteiger partial charge in [0.1, 0.15) is 0 Å². The van der Waals surface area contributed by atoms with Crippen LogP contribution >= 0.6 is 0 Å². The zero-order valence-corrected chi connectivity index (χ0v) is 43.6. The Morgan fingerprint density at radius 2 is 0.985 bits per heavy atom. The normalized spacial score (nSPS) is 34.8. The number of rotatable bonds is 17. The zero-order valence-electron chi connectivity index (χ0n) is 43.6. The van der Waals surface area contributed by atoms with Crippen LogP contribution in [0.15, 0.2) is 0 Å². The van der Waals surface area contributed by atoms with E-state index in [4.69, 9.17) is 19.7 Å². The highest BCUT2D eigenvalue weighted by molar-refractivity contribution is 4.98. The van der Waals surface area contributed by atoms with Gasteiger partial charge in [-0.25, -0.2) is 0 Å². The largest absolute Gasteiger partial charge is 0.396 e. The van der Waals surface area contributed by atoms with Crippen LogP contribution in [-0.2, 0) is 9.47 Å². The van der Waals surface area contributed by atoms with E-state index in [2.05, 4.69) is 76.2 Å². The lowest BCUT2D eigenvalue weighted by atomic mass is 9.79. The second-order valence-electron chi connectivity index (χ2n) is 21.8. The zero-order chi connectivity index (χ0) is 47.5. The summed E-state index contributed by atoms with van der Waals surface area (Å²) in [5.41, 5.74) is 0. The van der Waals surface area contributed by atoms with E-state index in [1.165, 1.54) is 83.5 Å². The molecule has 410 valence electrons. The van der Waals surface area contributed by atoms with Gasteiger partial charge in [-0.2, -0.15) is 0 Å². The Labute approximate surface area is 420 Å². The van der Waals surface area contributed by atoms with Gasteiger partial charge in [-0.3, -0.25) is 0 Å². The van der Waals surface area contributed by atoms with Crippen LogP contribution in [0.5, 0.6) is 0 Å². The van der Waals surface area contributed by atoms with Crippen molar-refractivity contribution in [3.05, 3.63) is 0 Å². The lowest BCUT2D eigenvalue weighted by Gasteiger charge is -2.30.